The number of phosphoric acid groups is 4. The fraction of sp³-hybridized carbons (Fsp3) is 0.545. The zero-order valence-electron chi connectivity index (χ0n) is 40.2. The van der Waals surface area contributed by atoms with E-state index in [0.29, 0.717) is 0 Å². The minimum absolute atomic E-state index is 0.00507. The Bertz CT molecular complexity index is 3670. The summed E-state index contributed by atoms with van der Waals surface area (Å²) in [5, 5.41) is 32.8. The lowest BCUT2D eigenvalue weighted by atomic mass is 10.1. The standard InChI is InChI=1S/C33H46N15O26P5/c1-45-10-48(26-16(45)28(53)44-33(36)42-26)30-19(51)20(64-2)12(69-30)5-67-77(58,59)73-79(62,63)74-78(60,61)72-75(54,55)6-13-21(22(65-3)31(70-13)46-8-39-14-23(34)37-7-38-24(14)46)71-76(56,57)66-4-11-17(49)18(50)29(68-11)47-9-40-15-25(47)41-32(35)43-27(15)52/h7-13,17-22,29-31,49-51H,4-6H2,1-3H3,(H12-,34,35,36,37,38,41,42,43,44,52,53,54,55,56,57,58,59,60,61,62,63)/p+1/t11-,12-,13-,17?,18+,19?,20+,21?,22+,29-,30-,31-/m1/s1. The summed E-state index contributed by atoms with van der Waals surface area (Å²) in [5.41, 5.74) is 15.3. The van der Waals surface area contributed by atoms with Crippen LogP contribution in [0, 0.1) is 0 Å². The summed E-state index contributed by atoms with van der Waals surface area (Å²) in [7, 11) is -26.5. The number of H-pyrrole nitrogens is 2. The summed E-state index contributed by atoms with van der Waals surface area (Å²) in [6.07, 6.45) is -17.3. The number of ether oxygens (including phenoxy) is 5. The molecule has 9 rings (SSSR count). The van der Waals surface area contributed by atoms with Gasteiger partial charge in [0.2, 0.25) is 17.7 Å². The Morgan fingerprint density at radius 2 is 1.25 bits per heavy atom. The van der Waals surface area contributed by atoms with Gasteiger partial charge in [0.05, 0.1) is 39.1 Å². The number of rotatable bonds is 21. The number of aliphatic hydroxyl groups is 3. The number of aliphatic hydroxyl groups excluding tert-OH is 3. The van der Waals surface area contributed by atoms with E-state index in [1.54, 1.807) is 0 Å². The molecule has 0 radical (unpaired) electrons. The number of hydrogen-bond donors (Lipinski definition) is 13. The molecule has 16 N–H and O–H groups in total. The molecule has 3 aliphatic heterocycles. The van der Waals surface area contributed by atoms with Crippen molar-refractivity contribution < 1.29 is 117 Å². The van der Waals surface area contributed by atoms with E-state index in [4.69, 9.17) is 54.5 Å². The van der Waals surface area contributed by atoms with Gasteiger partial charge in [-0.05, 0) is 0 Å². The second-order valence-electron chi connectivity index (χ2n) is 17.3. The number of imidazole rings is 3. The first-order valence-electron chi connectivity index (χ1n) is 22.1. The predicted molar refractivity (Wildman–Crippen MR) is 254 cm³/mol. The molecule has 3 aliphatic rings. The fourth-order valence-electron chi connectivity index (χ4n) is 8.82. The van der Waals surface area contributed by atoms with Gasteiger partial charge in [-0.25, -0.2) is 47.1 Å². The van der Waals surface area contributed by atoms with Gasteiger partial charge in [-0.2, -0.15) is 13.6 Å². The van der Waals surface area contributed by atoms with Gasteiger partial charge in [0.25, 0.3) is 17.1 Å². The Labute approximate surface area is 437 Å². The van der Waals surface area contributed by atoms with Gasteiger partial charge in [-0.1, -0.05) is 4.98 Å². The third kappa shape index (κ3) is 12.0. The minimum atomic E-state index is -6.42. The Hall–Kier alpha value is -4.96. The van der Waals surface area contributed by atoms with E-state index in [2.05, 4.69) is 52.8 Å². The Morgan fingerprint density at radius 1 is 0.658 bits per heavy atom. The molecule has 6 aromatic rings. The summed E-state index contributed by atoms with van der Waals surface area (Å²) in [6.45, 7) is -2.12. The number of aryl methyl sites for hydroxylation is 1. The molecule has 6 aromatic heterocycles. The summed E-state index contributed by atoms with van der Waals surface area (Å²) in [5.74, 6) is -0.768. The monoisotopic (exact) mass is 1220 g/mol. The molecule has 0 amide bonds. The Morgan fingerprint density at radius 3 is 1.95 bits per heavy atom. The average Bonchev–Trinajstić information content (AvgIpc) is 4.41. The maximum Gasteiger partial charge on any atom is 0.490 e. The summed E-state index contributed by atoms with van der Waals surface area (Å²) in [4.78, 5) is 107. The van der Waals surface area contributed by atoms with Gasteiger partial charge in [0.15, 0.2) is 41.4 Å². The lowest BCUT2D eigenvalue weighted by molar-refractivity contribution is -0.745. The van der Waals surface area contributed by atoms with E-state index in [9.17, 15) is 72.2 Å². The Balaban J connectivity index is 0.873. The number of nitrogens with zero attached hydrogens (tertiary/aromatic N) is 10. The van der Waals surface area contributed by atoms with Crippen molar-refractivity contribution >= 4 is 90.1 Å². The van der Waals surface area contributed by atoms with Crippen LogP contribution in [0.3, 0.4) is 0 Å². The van der Waals surface area contributed by atoms with Gasteiger partial charge < -0.3 is 80.7 Å². The summed E-state index contributed by atoms with van der Waals surface area (Å²) < 4.78 is 127. The molecule has 3 fully saturated rings. The lowest BCUT2D eigenvalue weighted by Crippen LogP contribution is -2.46. The molecule has 9 heterocycles. The van der Waals surface area contributed by atoms with Crippen LogP contribution in [-0.2, 0) is 80.1 Å². The summed E-state index contributed by atoms with van der Waals surface area (Å²) in [6, 6.07) is 0. The predicted octanol–water partition coefficient (Wildman–Crippen LogP) is -3.87. The number of anilines is 3. The SMILES string of the molecule is CO[C@@H]1C(O)[C@H]([n+]2cn(C)c3c(=O)[nH]c(N)nc32)O[C@@H]1COP(=O)(O)OP(=O)(O)OP(=O)(O)OP(=O)(O)C[C@H]1O[C@@H](n2cnc3c(N)ncnc32)[C@@H](OC)C1OP(=O)(O)OC[C@H]1O[C@@H](n2cnc3c(=O)[nH]c(N)nc32)[C@@H](O)C1O. The third-order valence-corrected chi connectivity index (χ3v) is 19.5. The van der Waals surface area contributed by atoms with E-state index in [1.165, 1.54) is 22.5 Å². The number of aromatic amines is 2. The van der Waals surface area contributed by atoms with E-state index in [-0.39, 0.29) is 51.2 Å². The van der Waals surface area contributed by atoms with Crippen molar-refractivity contribution in [1.82, 2.24) is 53.6 Å². The van der Waals surface area contributed by atoms with Gasteiger partial charge in [-0.3, -0.25) is 51.4 Å². The highest BCUT2D eigenvalue weighted by molar-refractivity contribution is 7.70. The molecule has 0 spiro atoms. The number of hydrogen-bond acceptors (Lipinski definition) is 30. The van der Waals surface area contributed by atoms with Crippen LogP contribution in [0.5, 0.6) is 0 Å². The van der Waals surface area contributed by atoms with Crippen LogP contribution >= 0.6 is 38.9 Å². The van der Waals surface area contributed by atoms with Gasteiger partial charge in [0.1, 0.15) is 66.8 Å². The smallest absolute Gasteiger partial charge is 0.387 e. The highest BCUT2D eigenvalue weighted by atomic mass is 31.3. The molecule has 8 unspecified atom stereocenters. The molecular weight excluding hydrogens is 1180 g/mol. The largest absolute Gasteiger partial charge is 0.490 e. The molecule has 79 heavy (non-hydrogen) atoms. The van der Waals surface area contributed by atoms with E-state index in [0.717, 1.165) is 42.3 Å². The minimum Gasteiger partial charge on any atom is -0.387 e. The second-order valence-corrected chi connectivity index (χ2v) is 25.4. The van der Waals surface area contributed by atoms with Crippen LogP contribution in [-0.4, -0.2) is 182 Å². The lowest BCUT2D eigenvalue weighted by Gasteiger charge is -2.26. The highest BCUT2D eigenvalue weighted by Gasteiger charge is 2.55. The first-order chi connectivity index (χ1) is 36.9. The molecule has 434 valence electrons. The number of nitrogen functional groups attached to an aromatic ring is 3. The molecule has 0 aliphatic carbocycles. The first kappa shape index (κ1) is 58.7. The fourth-order valence-corrected chi connectivity index (χ4v) is 15.5. The van der Waals surface area contributed by atoms with E-state index in [1.807, 2.05) is 0 Å². The van der Waals surface area contributed by atoms with Crippen molar-refractivity contribution in [2.45, 2.75) is 73.6 Å². The highest BCUT2D eigenvalue weighted by Crippen LogP contribution is 2.72. The van der Waals surface area contributed by atoms with Crippen molar-refractivity contribution in [3.63, 3.8) is 0 Å². The Kier molecular flexibility index (Phi) is 16.2. The molecule has 0 bridgehead atoms. The van der Waals surface area contributed by atoms with Crippen molar-refractivity contribution in [3.05, 3.63) is 46.0 Å². The van der Waals surface area contributed by atoms with Crippen molar-refractivity contribution in [2.75, 3.05) is 50.8 Å². The van der Waals surface area contributed by atoms with E-state index < -0.39 is 143 Å². The van der Waals surface area contributed by atoms with Crippen LogP contribution < -0.4 is 32.9 Å². The molecule has 17 atom stereocenters. The van der Waals surface area contributed by atoms with Crippen LogP contribution in [0.25, 0.3) is 33.5 Å². The van der Waals surface area contributed by atoms with Crippen LogP contribution in [0.4, 0.5) is 17.7 Å². The second kappa shape index (κ2) is 21.7. The number of nitrogens with two attached hydrogens (primary N) is 3. The first-order valence-corrected chi connectivity index (χ1v) is 29.9. The topological polar surface area (TPSA) is 589 Å². The van der Waals surface area contributed by atoms with Crippen LogP contribution in [0.15, 0.2) is 34.9 Å². The molecule has 41 nitrogen and oxygen atoms in total. The number of nitrogens with one attached hydrogen (secondary N) is 2. The van der Waals surface area contributed by atoms with Crippen molar-refractivity contribution in [1.29, 1.82) is 0 Å². The number of aromatic nitrogens is 12. The van der Waals surface area contributed by atoms with Gasteiger partial charge in [0, 0.05) is 14.2 Å². The quantitative estimate of drug-likeness (QED) is 0.0242. The average molecular weight is 1220 g/mol. The van der Waals surface area contributed by atoms with E-state index >= 15 is 0 Å². The number of methoxy groups -OCH3 is 2. The summed E-state index contributed by atoms with van der Waals surface area (Å²) >= 11 is 0. The molecule has 46 heteroatoms. The molecular formula is C33H47N15O26P5+. The maximum atomic E-state index is 13.7. The van der Waals surface area contributed by atoms with Gasteiger partial charge >= 0.3 is 44.5 Å². The maximum absolute atomic E-state index is 13.7. The number of fused-ring (bicyclic) bond motifs is 3. The van der Waals surface area contributed by atoms with Crippen LogP contribution in [0.2, 0.25) is 0 Å². The number of phosphoric ester groups is 2. The molecule has 0 saturated carbocycles. The normalized spacial score (nSPS) is 30.4. The molecule has 3 saturated heterocycles. The third-order valence-electron chi connectivity index (χ3n) is 12.0. The van der Waals surface area contributed by atoms with Crippen molar-refractivity contribution in [2.24, 2.45) is 7.05 Å². The van der Waals surface area contributed by atoms with Gasteiger partial charge in [-0.15, -0.1) is 0 Å². The zero-order chi connectivity index (χ0) is 57.5. The van der Waals surface area contributed by atoms with Crippen LogP contribution in [0.1, 0.15) is 18.7 Å². The zero-order valence-corrected chi connectivity index (χ0v) is 44.7. The molecule has 0 aromatic carbocycles. The van der Waals surface area contributed by atoms with Crippen molar-refractivity contribution in [3.8, 4) is 0 Å².